The quantitative estimate of drug-likeness (QED) is 0.489. The van der Waals surface area contributed by atoms with Crippen LogP contribution in [0.1, 0.15) is 6.92 Å². The molecule has 0 rings (SSSR count). The lowest BCUT2D eigenvalue weighted by atomic mass is 10.4. The zero-order valence-corrected chi connectivity index (χ0v) is 3.87. The first-order chi connectivity index (χ1) is 3.18. The van der Waals surface area contributed by atoms with Crippen LogP contribution in [0.4, 0.5) is 13.4 Å². The zero-order chi connectivity index (χ0) is 5.86. The normalized spacial score (nSPS) is 15.0. The van der Waals surface area contributed by atoms with Crippen LogP contribution < -0.4 is 0 Å². The molecule has 0 N–H and O–H groups in total. The van der Waals surface area contributed by atoms with E-state index in [-0.39, 0.29) is 0 Å². The van der Waals surface area contributed by atoms with E-state index in [0.717, 1.165) is 6.92 Å². The Hall–Kier alpha value is -0.250. The third-order valence-corrected chi connectivity index (χ3v) is 0.557. The molecule has 4 heteroatoms. The van der Waals surface area contributed by atoms with Crippen molar-refractivity contribution in [1.29, 1.82) is 0 Å². The SMILES string of the molecule is CC(CF)N(F)F. The van der Waals surface area contributed by atoms with Crippen molar-refractivity contribution in [2.75, 3.05) is 6.67 Å². The minimum Gasteiger partial charge on any atom is -0.249 e. The monoisotopic (exact) mass is 113 g/mol. The second-order valence-electron chi connectivity index (χ2n) is 1.26. The van der Waals surface area contributed by atoms with Crippen LogP contribution in [0.25, 0.3) is 0 Å². The molecule has 0 heterocycles. The second kappa shape index (κ2) is 2.85. The third kappa shape index (κ3) is 2.45. The topological polar surface area (TPSA) is 3.24 Å². The molecule has 1 atom stereocenters. The van der Waals surface area contributed by atoms with Crippen molar-refractivity contribution >= 4 is 0 Å². The average Bonchev–Trinajstić information content (AvgIpc) is 1.65. The van der Waals surface area contributed by atoms with Gasteiger partial charge in [0.2, 0.25) is 0 Å². The van der Waals surface area contributed by atoms with Crippen LogP contribution in [0.3, 0.4) is 0 Å². The Labute approximate surface area is 39.6 Å². The highest BCUT2D eigenvalue weighted by atomic mass is 19.4. The number of nitrogens with zero attached hydrogens (tertiary/aromatic N) is 1. The molecule has 0 amide bonds. The number of alkyl halides is 1. The van der Waals surface area contributed by atoms with Gasteiger partial charge in [-0.15, -0.1) is 8.96 Å². The van der Waals surface area contributed by atoms with E-state index in [1.165, 1.54) is 0 Å². The fraction of sp³-hybridized carbons (Fsp3) is 1.00. The summed E-state index contributed by atoms with van der Waals surface area (Å²) in [6.07, 6.45) is 0. The van der Waals surface area contributed by atoms with Gasteiger partial charge in [0.05, 0.1) is 6.04 Å². The molecule has 0 aromatic heterocycles. The predicted octanol–water partition coefficient (Wildman–Crippen LogP) is 1.42. The standard InChI is InChI=1S/C3H6F3N/c1-3(2-4)7(5)6/h3H,2H2,1H3. The van der Waals surface area contributed by atoms with Crippen LogP contribution in [-0.4, -0.2) is 18.1 Å². The molecule has 0 aromatic carbocycles. The van der Waals surface area contributed by atoms with Crippen molar-refractivity contribution in [3.05, 3.63) is 0 Å². The van der Waals surface area contributed by atoms with Gasteiger partial charge in [0.1, 0.15) is 6.67 Å². The van der Waals surface area contributed by atoms with Crippen molar-refractivity contribution < 1.29 is 13.4 Å². The maximum atomic E-state index is 11.1. The molecule has 0 aliphatic carbocycles. The molecule has 0 saturated carbocycles. The molecule has 0 radical (unpaired) electrons. The maximum absolute atomic E-state index is 11.1. The Balaban J connectivity index is 3.14. The number of hydrogen-bond acceptors (Lipinski definition) is 1. The smallest absolute Gasteiger partial charge is 0.110 e. The largest absolute Gasteiger partial charge is 0.249 e. The van der Waals surface area contributed by atoms with Gasteiger partial charge in [-0.2, -0.15) is 0 Å². The summed E-state index contributed by atoms with van der Waals surface area (Å²) in [7, 11) is 0. The number of hydrogen-bond donors (Lipinski definition) is 0. The highest BCUT2D eigenvalue weighted by Gasteiger charge is 2.09. The van der Waals surface area contributed by atoms with Gasteiger partial charge >= 0.3 is 0 Å². The molecular formula is C3H6F3N. The molecular weight excluding hydrogens is 107 g/mol. The summed E-state index contributed by atoms with van der Waals surface area (Å²) >= 11 is 0. The zero-order valence-electron chi connectivity index (χ0n) is 3.87. The summed E-state index contributed by atoms with van der Waals surface area (Å²) in [5.41, 5.74) is 0. The van der Waals surface area contributed by atoms with Crippen LogP contribution in [0.2, 0.25) is 0 Å². The van der Waals surface area contributed by atoms with Crippen LogP contribution in [0.5, 0.6) is 0 Å². The molecule has 44 valence electrons. The van der Waals surface area contributed by atoms with Gasteiger partial charge in [-0.1, -0.05) is 0 Å². The highest BCUT2D eigenvalue weighted by Crippen LogP contribution is 1.98. The Morgan fingerprint density at radius 2 is 2.00 bits per heavy atom. The second-order valence-corrected chi connectivity index (χ2v) is 1.26. The lowest BCUT2D eigenvalue weighted by molar-refractivity contribution is -0.185. The molecule has 7 heavy (non-hydrogen) atoms. The number of halogens is 3. The van der Waals surface area contributed by atoms with E-state index < -0.39 is 18.1 Å². The first kappa shape index (κ1) is 6.75. The van der Waals surface area contributed by atoms with E-state index in [1.54, 1.807) is 0 Å². The van der Waals surface area contributed by atoms with Gasteiger partial charge in [-0.25, -0.2) is 4.39 Å². The molecule has 1 unspecified atom stereocenters. The van der Waals surface area contributed by atoms with Crippen molar-refractivity contribution in [3.8, 4) is 0 Å². The first-order valence-electron chi connectivity index (χ1n) is 1.85. The van der Waals surface area contributed by atoms with E-state index in [2.05, 4.69) is 0 Å². The van der Waals surface area contributed by atoms with Crippen LogP contribution in [0.15, 0.2) is 0 Å². The minimum absolute atomic E-state index is 1.01. The maximum Gasteiger partial charge on any atom is 0.110 e. The van der Waals surface area contributed by atoms with Crippen LogP contribution in [-0.2, 0) is 0 Å². The average molecular weight is 113 g/mol. The van der Waals surface area contributed by atoms with Gasteiger partial charge in [0.25, 0.3) is 0 Å². The Morgan fingerprint density at radius 3 is 2.00 bits per heavy atom. The van der Waals surface area contributed by atoms with Gasteiger partial charge in [0.15, 0.2) is 0 Å². The van der Waals surface area contributed by atoms with Crippen LogP contribution in [0, 0.1) is 0 Å². The summed E-state index contributed by atoms with van der Waals surface area (Å²) < 4.78 is 33.2. The van der Waals surface area contributed by atoms with E-state index >= 15 is 0 Å². The van der Waals surface area contributed by atoms with Crippen LogP contribution >= 0.6 is 0 Å². The molecule has 0 bridgehead atoms. The van der Waals surface area contributed by atoms with Crippen molar-refractivity contribution in [2.45, 2.75) is 13.0 Å². The Kier molecular flexibility index (Phi) is 2.75. The lowest BCUT2D eigenvalue weighted by Crippen LogP contribution is -2.18. The summed E-state index contributed by atoms with van der Waals surface area (Å²) in [5.74, 6) is 0. The molecule has 0 aliphatic heterocycles. The summed E-state index contributed by atoms with van der Waals surface area (Å²) in [5, 5.41) is -1.15. The van der Waals surface area contributed by atoms with E-state index in [4.69, 9.17) is 0 Å². The molecule has 0 aromatic rings. The minimum atomic E-state index is -1.26. The van der Waals surface area contributed by atoms with Gasteiger partial charge in [-0.3, -0.25) is 0 Å². The molecule has 0 aliphatic rings. The Bertz CT molecular complexity index is 47.4. The number of rotatable bonds is 2. The fourth-order valence-corrected chi connectivity index (χ4v) is 0.0522. The summed E-state index contributed by atoms with van der Waals surface area (Å²) in [6, 6.07) is -1.26. The third-order valence-electron chi connectivity index (χ3n) is 0.557. The highest BCUT2D eigenvalue weighted by molar-refractivity contribution is 4.46. The van der Waals surface area contributed by atoms with Gasteiger partial charge in [0, 0.05) is 5.34 Å². The Morgan fingerprint density at radius 1 is 1.57 bits per heavy atom. The molecule has 0 fully saturated rings. The summed E-state index contributed by atoms with van der Waals surface area (Å²) in [4.78, 5) is 0. The van der Waals surface area contributed by atoms with Crippen molar-refractivity contribution in [1.82, 2.24) is 5.34 Å². The molecule has 0 spiro atoms. The van der Waals surface area contributed by atoms with E-state index in [0.29, 0.717) is 0 Å². The molecule has 0 saturated heterocycles. The van der Waals surface area contributed by atoms with Crippen molar-refractivity contribution in [3.63, 3.8) is 0 Å². The first-order valence-corrected chi connectivity index (χ1v) is 1.85. The lowest BCUT2D eigenvalue weighted by Gasteiger charge is -2.03. The fourth-order valence-electron chi connectivity index (χ4n) is 0.0522. The van der Waals surface area contributed by atoms with Gasteiger partial charge < -0.3 is 0 Å². The predicted molar refractivity (Wildman–Crippen MR) is 19.5 cm³/mol. The van der Waals surface area contributed by atoms with E-state index in [9.17, 15) is 13.4 Å². The molecule has 1 nitrogen and oxygen atoms in total. The summed E-state index contributed by atoms with van der Waals surface area (Å²) in [6.45, 7) is 0.0903. The van der Waals surface area contributed by atoms with Gasteiger partial charge in [-0.05, 0) is 6.92 Å². The van der Waals surface area contributed by atoms with Crippen molar-refractivity contribution in [2.24, 2.45) is 0 Å². The van der Waals surface area contributed by atoms with E-state index in [1.807, 2.05) is 0 Å².